The van der Waals surface area contributed by atoms with Crippen molar-refractivity contribution in [1.82, 2.24) is 15.5 Å². The lowest BCUT2D eigenvalue weighted by atomic mass is 10.1. The molecule has 2 aromatic rings. The molecule has 2 rings (SSSR count). The van der Waals surface area contributed by atoms with Gasteiger partial charge in [-0.05, 0) is 26.0 Å². The van der Waals surface area contributed by atoms with Crippen LogP contribution in [0.15, 0.2) is 27.9 Å². The predicted octanol–water partition coefficient (Wildman–Crippen LogP) is 3.04. The first-order valence-corrected chi connectivity index (χ1v) is 7.14. The minimum absolute atomic E-state index is 0.0708. The van der Waals surface area contributed by atoms with E-state index in [1.54, 1.807) is 13.8 Å². The molecule has 0 aliphatic rings. The summed E-state index contributed by atoms with van der Waals surface area (Å²) in [5, 5.41) is 9.22. The van der Waals surface area contributed by atoms with Gasteiger partial charge in [-0.3, -0.25) is 4.79 Å². The molecule has 1 amide bonds. The summed E-state index contributed by atoms with van der Waals surface area (Å²) >= 11 is 0. The van der Waals surface area contributed by atoms with Crippen LogP contribution in [0.5, 0.6) is 0 Å². The molecule has 1 aromatic carbocycles. The molecule has 0 fully saturated rings. The standard InChI is InChI=1S/C15H14F4N4O3/c1-14(2,7-20-25-3)22-12(24)9-5-4-8(6-10(9)16)11-21-13(26-23-11)15(17,18)19/h4-7H,1-3H3,(H,22,24)/b20-7+. The molecule has 0 aliphatic heterocycles. The minimum Gasteiger partial charge on any atom is -0.399 e. The molecule has 1 heterocycles. The number of rotatable bonds is 5. The van der Waals surface area contributed by atoms with Gasteiger partial charge in [-0.25, -0.2) is 4.39 Å². The summed E-state index contributed by atoms with van der Waals surface area (Å²) in [4.78, 5) is 19.9. The maximum absolute atomic E-state index is 14.2. The first kappa shape index (κ1) is 19.3. The molecule has 0 saturated carbocycles. The second-order valence-corrected chi connectivity index (χ2v) is 5.71. The number of hydrogen-bond donors (Lipinski definition) is 1. The molecule has 0 unspecified atom stereocenters. The van der Waals surface area contributed by atoms with Crippen LogP contribution < -0.4 is 5.32 Å². The number of aromatic nitrogens is 2. The van der Waals surface area contributed by atoms with Gasteiger partial charge in [0, 0.05) is 5.56 Å². The van der Waals surface area contributed by atoms with E-state index in [1.165, 1.54) is 19.4 Å². The lowest BCUT2D eigenvalue weighted by molar-refractivity contribution is -0.159. The van der Waals surface area contributed by atoms with Gasteiger partial charge in [0.25, 0.3) is 5.91 Å². The highest BCUT2D eigenvalue weighted by Crippen LogP contribution is 2.29. The molecule has 0 aliphatic carbocycles. The van der Waals surface area contributed by atoms with E-state index in [0.29, 0.717) is 0 Å². The maximum Gasteiger partial charge on any atom is 0.471 e. The molecule has 26 heavy (non-hydrogen) atoms. The van der Waals surface area contributed by atoms with Crippen molar-refractivity contribution in [2.75, 3.05) is 7.11 Å². The number of amides is 1. The summed E-state index contributed by atoms with van der Waals surface area (Å²) in [5.74, 6) is -3.70. The van der Waals surface area contributed by atoms with Gasteiger partial charge < -0.3 is 14.7 Å². The summed E-state index contributed by atoms with van der Waals surface area (Å²) in [6.45, 7) is 3.22. The third-order valence-corrected chi connectivity index (χ3v) is 3.06. The SMILES string of the molecule is CO/N=C/C(C)(C)NC(=O)c1ccc(-c2noc(C(F)(F)F)n2)cc1F. The number of benzene rings is 1. The summed E-state index contributed by atoms with van der Waals surface area (Å²) < 4.78 is 55.7. The molecule has 140 valence electrons. The highest BCUT2D eigenvalue weighted by atomic mass is 19.4. The Hall–Kier alpha value is -2.98. The second kappa shape index (κ2) is 7.10. The molecule has 0 bridgehead atoms. The fourth-order valence-electron chi connectivity index (χ4n) is 1.87. The quantitative estimate of drug-likeness (QED) is 0.494. The number of oxime groups is 1. The van der Waals surface area contributed by atoms with Gasteiger partial charge in [0.2, 0.25) is 5.82 Å². The Bertz CT molecular complexity index is 831. The van der Waals surface area contributed by atoms with Crippen molar-refractivity contribution >= 4 is 12.1 Å². The Balaban J connectivity index is 2.23. The molecular formula is C15H14F4N4O3. The van der Waals surface area contributed by atoms with Crippen LogP contribution in [-0.4, -0.2) is 34.9 Å². The van der Waals surface area contributed by atoms with Crippen molar-refractivity contribution in [2.45, 2.75) is 25.6 Å². The van der Waals surface area contributed by atoms with Gasteiger partial charge in [-0.1, -0.05) is 16.4 Å². The van der Waals surface area contributed by atoms with Crippen LogP contribution in [0.4, 0.5) is 17.6 Å². The zero-order valence-corrected chi connectivity index (χ0v) is 13.9. The van der Waals surface area contributed by atoms with Gasteiger partial charge in [0.15, 0.2) is 0 Å². The third kappa shape index (κ3) is 4.55. The number of halogens is 4. The number of carbonyl (C=O) groups excluding carboxylic acids is 1. The molecule has 0 saturated heterocycles. The molecular weight excluding hydrogens is 360 g/mol. The second-order valence-electron chi connectivity index (χ2n) is 5.71. The zero-order chi connectivity index (χ0) is 19.5. The van der Waals surface area contributed by atoms with E-state index in [9.17, 15) is 22.4 Å². The van der Waals surface area contributed by atoms with Crippen LogP contribution in [0.3, 0.4) is 0 Å². The van der Waals surface area contributed by atoms with Gasteiger partial charge in [-0.2, -0.15) is 18.2 Å². The van der Waals surface area contributed by atoms with Crippen LogP contribution in [0.1, 0.15) is 30.1 Å². The van der Waals surface area contributed by atoms with Crippen molar-refractivity contribution in [3.05, 3.63) is 35.5 Å². The Morgan fingerprint density at radius 3 is 2.58 bits per heavy atom. The Kier molecular flexibility index (Phi) is 5.28. The zero-order valence-electron chi connectivity index (χ0n) is 13.9. The van der Waals surface area contributed by atoms with E-state index >= 15 is 0 Å². The van der Waals surface area contributed by atoms with Crippen molar-refractivity contribution < 1.29 is 31.7 Å². The van der Waals surface area contributed by atoms with Crippen molar-refractivity contribution in [3.63, 3.8) is 0 Å². The van der Waals surface area contributed by atoms with Crippen LogP contribution in [-0.2, 0) is 11.0 Å². The minimum atomic E-state index is -4.81. The molecule has 1 N–H and O–H groups in total. The Morgan fingerprint density at radius 1 is 1.35 bits per heavy atom. The average Bonchev–Trinajstić information content (AvgIpc) is 3.02. The smallest absolute Gasteiger partial charge is 0.399 e. The maximum atomic E-state index is 14.2. The number of hydrogen-bond acceptors (Lipinski definition) is 6. The Morgan fingerprint density at radius 2 is 2.04 bits per heavy atom. The number of nitrogens with zero attached hydrogens (tertiary/aromatic N) is 3. The lowest BCUT2D eigenvalue weighted by Gasteiger charge is -2.21. The Labute approximate surface area is 145 Å². The van der Waals surface area contributed by atoms with Gasteiger partial charge in [0.05, 0.1) is 17.3 Å². The van der Waals surface area contributed by atoms with E-state index in [4.69, 9.17) is 0 Å². The first-order chi connectivity index (χ1) is 12.0. The molecule has 7 nitrogen and oxygen atoms in total. The van der Waals surface area contributed by atoms with Gasteiger partial charge in [-0.15, -0.1) is 0 Å². The predicted molar refractivity (Wildman–Crippen MR) is 81.7 cm³/mol. The number of nitrogens with one attached hydrogen (secondary N) is 1. The number of carbonyl (C=O) groups is 1. The summed E-state index contributed by atoms with van der Waals surface area (Å²) in [7, 11) is 1.33. The number of alkyl halides is 3. The van der Waals surface area contributed by atoms with Crippen LogP contribution in [0, 0.1) is 5.82 Å². The summed E-state index contributed by atoms with van der Waals surface area (Å²) in [6.07, 6.45) is -3.49. The van der Waals surface area contributed by atoms with E-state index < -0.39 is 35.2 Å². The van der Waals surface area contributed by atoms with Crippen LogP contribution in [0.2, 0.25) is 0 Å². The third-order valence-electron chi connectivity index (χ3n) is 3.06. The normalized spacial score (nSPS) is 12.4. The van der Waals surface area contributed by atoms with E-state index in [1.807, 2.05) is 0 Å². The van der Waals surface area contributed by atoms with E-state index in [0.717, 1.165) is 12.1 Å². The summed E-state index contributed by atoms with van der Waals surface area (Å²) in [6, 6.07) is 3.16. The largest absolute Gasteiger partial charge is 0.471 e. The fraction of sp³-hybridized carbons (Fsp3) is 0.333. The monoisotopic (exact) mass is 374 g/mol. The topological polar surface area (TPSA) is 89.6 Å². The first-order valence-electron chi connectivity index (χ1n) is 7.14. The van der Waals surface area contributed by atoms with Crippen molar-refractivity contribution in [3.8, 4) is 11.4 Å². The highest BCUT2D eigenvalue weighted by molar-refractivity contribution is 5.97. The molecule has 0 radical (unpaired) electrons. The van der Waals surface area contributed by atoms with Gasteiger partial charge in [0.1, 0.15) is 12.9 Å². The summed E-state index contributed by atoms with van der Waals surface area (Å²) in [5.41, 5.74) is -1.31. The van der Waals surface area contributed by atoms with E-state index in [2.05, 4.69) is 30.0 Å². The van der Waals surface area contributed by atoms with Gasteiger partial charge >= 0.3 is 12.1 Å². The van der Waals surface area contributed by atoms with Crippen molar-refractivity contribution in [1.29, 1.82) is 0 Å². The molecule has 0 atom stereocenters. The van der Waals surface area contributed by atoms with E-state index in [-0.39, 0.29) is 11.1 Å². The molecule has 0 spiro atoms. The van der Waals surface area contributed by atoms with Crippen molar-refractivity contribution in [2.24, 2.45) is 5.16 Å². The molecule has 11 heteroatoms. The average molecular weight is 374 g/mol. The van der Waals surface area contributed by atoms with Crippen LogP contribution in [0.25, 0.3) is 11.4 Å². The fourth-order valence-corrected chi connectivity index (χ4v) is 1.87. The highest BCUT2D eigenvalue weighted by Gasteiger charge is 2.38. The molecule has 1 aromatic heterocycles. The van der Waals surface area contributed by atoms with Crippen LogP contribution >= 0.6 is 0 Å². The lowest BCUT2D eigenvalue weighted by Crippen LogP contribution is -2.45.